The molecule has 0 radical (unpaired) electrons. The summed E-state index contributed by atoms with van der Waals surface area (Å²) in [6.45, 7) is 4.14. The molecule has 0 atom stereocenters. The van der Waals surface area contributed by atoms with Crippen LogP contribution in [-0.4, -0.2) is 29.2 Å². The summed E-state index contributed by atoms with van der Waals surface area (Å²) in [7, 11) is 1.30. The maximum atomic E-state index is 13.2. The smallest absolute Gasteiger partial charge is 0.411 e. The fraction of sp³-hybridized carbons (Fsp3) is 0.261. The Bertz CT molecular complexity index is 1110. The number of carbonyl (C=O) groups excluding carboxylic acids is 1. The number of amides is 1. The predicted molar refractivity (Wildman–Crippen MR) is 119 cm³/mol. The molecule has 156 valence electrons. The minimum atomic E-state index is -0.569. The van der Waals surface area contributed by atoms with Gasteiger partial charge in [0.05, 0.1) is 24.0 Å². The van der Waals surface area contributed by atoms with Crippen molar-refractivity contribution in [3.05, 3.63) is 75.7 Å². The minimum absolute atomic E-state index is 0.189. The van der Waals surface area contributed by atoms with Gasteiger partial charge in [0.25, 0.3) is 5.56 Å². The van der Waals surface area contributed by atoms with Crippen molar-refractivity contribution in [1.29, 1.82) is 0 Å². The summed E-state index contributed by atoms with van der Waals surface area (Å²) in [5.74, 6) is 0. The average molecular weight is 406 g/mol. The first kappa shape index (κ1) is 21.1. The summed E-state index contributed by atoms with van der Waals surface area (Å²) in [5.41, 5.74) is 4.30. The van der Waals surface area contributed by atoms with Crippen molar-refractivity contribution in [2.75, 3.05) is 12.4 Å². The molecule has 1 heterocycles. The van der Waals surface area contributed by atoms with Crippen molar-refractivity contribution >= 4 is 23.7 Å². The molecule has 30 heavy (non-hydrogen) atoms. The molecule has 7 nitrogen and oxygen atoms in total. The maximum Gasteiger partial charge on any atom is 0.411 e. The van der Waals surface area contributed by atoms with Gasteiger partial charge in [-0.3, -0.25) is 20.2 Å². The number of benzene rings is 2. The first-order chi connectivity index (χ1) is 14.6. The third-order valence-electron chi connectivity index (χ3n) is 4.75. The standard InChI is InChI=1S/C23H26N4O3/c1-4-9-21-19(15-24-20-13-7-6-10-16(20)5-2)22(28)27(26-21)18-12-8-11-17(14-18)25-23(29)30-3/h6-8,10-15,26H,4-5,9H2,1-3H3,(H,25,29). The van der Waals surface area contributed by atoms with Crippen molar-refractivity contribution in [1.82, 2.24) is 9.78 Å². The molecule has 1 aromatic heterocycles. The normalized spacial score (nSPS) is 11.0. The summed E-state index contributed by atoms with van der Waals surface area (Å²) >= 11 is 0. The third-order valence-corrected chi connectivity index (χ3v) is 4.75. The molecule has 0 aliphatic rings. The lowest BCUT2D eigenvalue weighted by Crippen LogP contribution is -2.18. The van der Waals surface area contributed by atoms with E-state index in [4.69, 9.17) is 0 Å². The molecule has 7 heteroatoms. The van der Waals surface area contributed by atoms with E-state index in [2.05, 4.69) is 34.0 Å². The number of methoxy groups -OCH3 is 1. The van der Waals surface area contributed by atoms with Gasteiger partial charge >= 0.3 is 6.09 Å². The highest BCUT2D eigenvalue weighted by Crippen LogP contribution is 2.19. The number of carbonyl (C=O) groups is 1. The number of aromatic nitrogens is 2. The number of rotatable bonds is 7. The molecule has 3 aromatic rings. The van der Waals surface area contributed by atoms with Gasteiger partial charge in [-0.15, -0.1) is 0 Å². The lowest BCUT2D eigenvalue weighted by molar-refractivity contribution is 0.187. The molecule has 0 fully saturated rings. The van der Waals surface area contributed by atoms with Gasteiger partial charge in [-0.05, 0) is 42.7 Å². The number of aromatic amines is 1. The van der Waals surface area contributed by atoms with Crippen LogP contribution in [0, 0.1) is 0 Å². The van der Waals surface area contributed by atoms with Gasteiger partial charge in [0.1, 0.15) is 0 Å². The van der Waals surface area contributed by atoms with Crippen LogP contribution in [0.1, 0.15) is 37.1 Å². The fourth-order valence-corrected chi connectivity index (χ4v) is 3.21. The van der Waals surface area contributed by atoms with Crippen LogP contribution in [0.15, 0.2) is 58.3 Å². The summed E-state index contributed by atoms with van der Waals surface area (Å²) in [6.07, 6.45) is 3.55. The summed E-state index contributed by atoms with van der Waals surface area (Å²) in [6, 6.07) is 14.9. The Labute approximate surface area is 175 Å². The summed E-state index contributed by atoms with van der Waals surface area (Å²) in [4.78, 5) is 29.2. The second kappa shape index (κ2) is 9.73. The highest BCUT2D eigenvalue weighted by atomic mass is 16.5. The topological polar surface area (TPSA) is 88.5 Å². The van der Waals surface area contributed by atoms with Crippen molar-refractivity contribution in [2.45, 2.75) is 33.1 Å². The zero-order valence-corrected chi connectivity index (χ0v) is 17.4. The quantitative estimate of drug-likeness (QED) is 0.562. The molecule has 0 unspecified atom stereocenters. The van der Waals surface area contributed by atoms with Crippen LogP contribution >= 0.6 is 0 Å². The molecular formula is C23H26N4O3. The van der Waals surface area contributed by atoms with E-state index < -0.39 is 6.09 Å². The molecule has 0 spiro atoms. The van der Waals surface area contributed by atoms with Crippen LogP contribution in [0.4, 0.5) is 16.2 Å². The van der Waals surface area contributed by atoms with Gasteiger partial charge in [0.15, 0.2) is 0 Å². The Morgan fingerprint density at radius 1 is 1.20 bits per heavy atom. The number of nitrogens with one attached hydrogen (secondary N) is 2. The van der Waals surface area contributed by atoms with Crippen LogP contribution in [0.5, 0.6) is 0 Å². The van der Waals surface area contributed by atoms with Crippen LogP contribution in [0.25, 0.3) is 5.69 Å². The first-order valence-corrected chi connectivity index (χ1v) is 9.98. The predicted octanol–water partition coefficient (Wildman–Crippen LogP) is 4.61. The molecular weight excluding hydrogens is 380 g/mol. The first-order valence-electron chi connectivity index (χ1n) is 9.98. The number of aryl methyl sites for hydroxylation is 2. The molecule has 0 saturated heterocycles. The second-order valence-electron chi connectivity index (χ2n) is 6.80. The minimum Gasteiger partial charge on any atom is -0.453 e. The second-order valence-corrected chi connectivity index (χ2v) is 6.80. The van der Waals surface area contributed by atoms with Crippen molar-refractivity contribution in [3.63, 3.8) is 0 Å². The number of nitrogens with zero attached hydrogens (tertiary/aromatic N) is 2. The van der Waals surface area contributed by atoms with E-state index in [1.165, 1.54) is 11.8 Å². The largest absolute Gasteiger partial charge is 0.453 e. The van der Waals surface area contributed by atoms with Gasteiger partial charge in [-0.25, -0.2) is 9.48 Å². The molecule has 0 aliphatic carbocycles. The monoisotopic (exact) mass is 406 g/mol. The molecule has 3 rings (SSSR count). The van der Waals surface area contributed by atoms with Crippen LogP contribution in [0.2, 0.25) is 0 Å². The number of para-hydroxylation sites is 1. The zero-order valence-electron chi connectivity index (χ0n) is 17.4. The zero-order chi connectivity index (χ0) is 21.5. The number of hydrogen-bond acceptors (Lipinski definition) is 4. The number of aliphatic imine (C=N–C) groups is 1. The highest BCUT2D eigenvalue weighted by Gasteiger charge is 2.14. The fourth-order valence-electron chi connectivity index (χ4n) is 3.21. The Morgan fingerprint density at radius 3 is 2.73 bits per heavy atom. The van der Waals surface area contributed by atoms with Crippen molar-refractivity contribution in [2.24, 2.45) is 4.99 Å². The lowest BCUT2D eigenvalue weighted by atomic mass is 10.1. The SMILES string of the molecule is CCCc1[nH]n(-c2cccc(NC(=O)OC)c2)c(=O)c1C=Nc1ccccc1CC. The molecule has 0 saturated carbocycles. The Kier molecular flexibility index (Phi) is 6.85. The molecule has 2 N–H and O–H groups in total. The van der Waals surface area contributed by atoms with Crippen LogP contribution in [-0.2, 0) is 17.6 Å². The Balaban J connectivity index is 2.01. The summed E-state index contributed by atoms with van der Waals surface area (Å²) < 4.78 is 6.10. The van der Waals surface area contributed by atoms with E-state index in [-0.39, 0.29) is 5.56 Å². The van der Waals surface area contributed by atoms with E-state index in [9.17, 15) is 9.59 Å². The van der Waals surface area contributed by atoms with Gasteiger partial charge in [-0.2, -0.15) is 0 Å². The van der Waals surface area contributed by atoms with Gasteiger partial charge < -0.3 is 4.74 Å². The molecule has 0 aliphatic heterocycles. The molecule has 0 bridgehead atoms. The van der Waals surface area contributed by atoms with E-state index in [1.54, 1.807) is 30.5 Å². The van der Waals surface area contributed by atoms with Crippen molar-refractivity contribution in [3.8, 4) is 5.69 Å². The van der Waals surface area contributed by atoms with E-state index in [0.29, 0.717) is 16.9 Å². The van der Waals surface area contributed by atoms with E-state index in [0.717, 1.165) is 36.2 Å². The van der Waals surface area contributed by atoms with Crippen molar-refractivity contribution < 1.29 is 9.53 Å². The number of anilines is 1. The number of hydrogen-bond donors (Lipinski definition) is 2. The van der Waals surface area contributed by atoms with Gasteiger partial charge in [0, 0.05) is 17.6 Å². The average Bonchev–Trinajstić information content (AvgIpc) is 3.08. The maximum absolute atomic E-state index is 13.2. The van der Waals surface area contributed by atoms with Crippen LogP contribution < -0.4 is 10.9 Å². The third kappa shape index (κ3) is 4.68. The van der Waals surface area contributed by atoms with Gasteiger partial charge in [-0.1, -0.05) is 44.5 Å². The highest BCUT2D eigenvalue weighted by molar-refractivity contribution is 5.85. The lowest BCUT2D eigenvalue weighted by Gasteiger charge is -2.06. The Hall–Kier alpha value is -3.61. The van der Waals surface area contributed by atoms with E-state index >= 15 is 0 Å². The van der Waals surface area contributed by atoms with Gasteiger partial charge in [0.2, 0.25) is 0 Å². The van der Waals surface area contributed by atoms with Crippen LogP contribution in [0.3, 0.4) is 0 Å². The molecule has 2 aromatic carbocycles. The summed E-state index contributed by atoms with van der Waals surface area (Å²) in [5, 5.41) is 5.81. The Morgan fingerprint density at radius 2 is 2.00 bits per heavy atom. The number of ether oxygens (including phenoxy) is 1. The van der Waals surface area contributed by atoms with E-state index in [1.807, 2.05) is 24.3 Å². The number of H-pyrrole nitrogens is 1. The molecule has 1 amide bonds.